The standard InChI is InChI=1S/C19H10ClFN4O2S/c20-12-1-6-16-15(8-12)11(9-22)7-18(23-16)28-19-25-24-17(27-19)10-26-14-4-2-13(21)3-5-14/h1-8H,10H2. The van der Waals surface area contributed by atoms with Crippen LogP contribution >= 0.6 is 23.4 Å². The molecule has 0 fully saturated rings. The lowest BCUT2D eigenvalue weighted by molar-refractivity contribution is 0.252. The van der Waals surface area contributed by atoms with Gasteiger partial charge < -0.3 is 9.15 Å². The predicted molar refractivity (Wildman–Crippen MR) is 101 cm³/mol. The van der Waals surface area contributed by atoms with Crippen molar-refractivity contribution in [2.45, 2.75) is 16.9 Å². The molecule has 4 rings (SSSR count). The maximum Gasteiger partial charge on any atom is 0.283 e. The molecule has 28 heavy (non-hydrogen) atoms. The van der Waals surface area contributed by atoms with E-state index in [1.165, 1.54) is 24.3 Å². The molecule has 0 saturated carbocycles. The highest BCUT2D eigenvalue weighted by Crippen LogP contribution is 2.30. The van der Waals surface area contributed by atoms with Crippen molar-refractivity contribution in [2.24, 2.45) is 0 Å². The van der Waals surface area contributed by atoms with Crippen molar-refractivity contribution in [1.29, 1.82) is 5.26 Å². The van der Waals surface area contributed by atoms with E-state index in [1.807, 2.05) is 0 Å². The summed E-state index contributed by atoms with van der Waals surface area (Å²) in [6.07, 6.45) is 0. The number of aromatic nitrogens is 3. The number of hydrogen-bond donors (Lipinski definition) is 0. The molecule has 2 heterocycles. The zero-order valence-corrected chi connectivity index (χ0v) is 15.7. The maximum atomic E-state index is 12.9. The van der Waals surface area contributed by atoms with Crippen LogP contribution in [0.5, 0.6) is 5.75 Å². The van der Waals surface area contributed by atoms with E-state index >= 15 is 0 Å². The van der Waals surface area contributed by atoms with Gasteiger partial charge in [-0.1, -0.05) is 11.6 Å². The number of hydrogen-bond acceptors (Lipinski definition) is 7. The topological polar surface area (TPSA) is 84.8 Å². The van der Waals surface area contributed by atoms with Crippen LogP contribution in [-0.2, 0) is 6.61 Å². The van der Waals surface area contributed by atoms with Gasteiger partial charge in [0.15, 0.2) is 6.61 Å². The minimum Gasteiger partial charge on any atom is -0.484 e. The molecule has 2 aromatic carbocycles. The quantitative estimate of drug-likeness (QED) is 0.455. The van der Waals surface area contributed by atoms with Gasteiger partial charge in [-0.25, -0.2) is 9.37 Å². The summed E-state index contributed by atoms with van der Waals surface area (Å²) in [5.41, 5.74) is 1.10. The fraction of sp³-hybridized carbons (Fsp3) is 0.0526. The highest BCUT2D eigenvalue weighted by molar-refractivity contribution is 7.99. The Labute approximate surface area is 167 Å². The van der Waals surface area contributed by atoms with E-state index in [9.17, 15) is 9.65 Å². The molecule has 0 aliphatic carbocycles. The molecule has 0 aliphatic heterocycles. The highest BCUT2D eigenvalue weighted by atomic mass is 35.5. The van der Waals surface area contributed by atoms with Crippen LogP contribution in [0.15, 0.2) is 63.2 Å². The van der Waals surface area contributed by atoms with Gasteiger partial charge in [0.25, 0.3) is 11.1 Å². The Balaban J connectivity index is 1.50. The Hall–Kier alpha value is -3.15. The monoisotopic (exact) mass is 412 g/mol. The Bertz CT molecular complexity index is 1190. The zero-order chi connectivity index (χ0) is 19.5. The molecule has 0 radical (unpaired) electrons. The van der Waals surface area contributed by atoms with E-state index in [1.54, 1.807) is 24.3 Å². The molecule has 0 bridgehead atoms. The number of halogens is 2. The minimum absolute atomic E-state index is 0.0479. The molecule has 4 aromatic rings. The van der Waals surface area contributed by atoms with Crippen LogP contribution in [0, 0.1) is 17.1 Å². The van der Waals surface area contributed by atoms with Crippen molar-refractivity contribution in [3.05, 3.63) is 70.8 Å². The Morgan fingerprint density at radius 3 is 2.75 bits per heavy atom. The van der Waals surface area contributed by atoms with Gasteiger partial charge in [0.2, 0.25) is 0 Å². The van der Waals surface area contributed by atoms with Gasteiger partial charge in [-0.2, -0.15) is 5.26 Å². The first-order valence-electron chi connectivity index (χ1n) is 8.00. The van der Waals surface area contributed by atoms with Crippen LogP contribution in [0.3, 0.4) is 0 Å². The summed E-state index contributed by atoms with van der Waals surface area (Å²) in [4.78, 5) is 4.49. The normalized spacial score (nSPS) is 10.8. The molecule has 0 N–H and O–H groups in total. The average Bonchev–Trinajstić information content (AvgIpc) is 3.14. The van der Waals surface area contributed by atoms with Crippen molar-refractivity contribution >= 4 is 34.3 Å². The molecule has 2 aromatic heterocycles. The fourth-order valence-electron chi connectivity index (χ4n) is 2.42. The molecular formula is C19H10ClFN4O2S. The summed E-state index contributed by atoms with van der Waals surface area (Å²) in [5.74, 6) is 0.410. The van der Waals surface area contributed by atoms with Crippen molar-refractivity contribution in [3.63, 3.8) is 0 Å². The van der Waals surface area contributed by atoms with E-state index in [4.69, 9.17) is 20.8 Å². The third-order valence-corrected chi connectivity index (χ3v) is 4.68. The van der Waals surface area contributed by atoms with Crippen molar-refractivity contribution < 1.29 is 13.5 Å². The lowest BCUT2D eigenvalue weighted by Gasteiger charge is -2.04. The molecule has 9 heteroatoms. The smallest absolute Gasteiger partial charge is 0.283 e. The molecule has 138 valence electrons. The van der Waals surface area contributed by atoms with Gasteiger partial charge >= 0.3 is 0 Å². The second kappa shape index (κ2) is 7.84. The van der Waals surface area contributed by atoms with Gasteiger partial charge in [0.05, 0.1) is 17.1 Å². The minimum atomic E-state index is -0.342. The number of nitriles is 1. The second-order valence-corrected chi connectivity index (χ2v) is 7.00. The molecule has 6 nitrogen and oxygen atoms in total. The summed E-state index contributed by atoms with van der Waals surface area (Å²) in [5, 5.41) is 19.3. The molecule has 0 atom stereocenters. The summed E-state index contributed by atoms with van der Waals surface area (Å²) in [6.45, 7) is 0.0479. The summed E-state index contributed by atoms with van der Waals surface area (Å²) in [6, 6.07) is 14.6. The van der Waals surface area contributed by atoms with Gasteiger partial charge in [-0.05, 0) is 60.3 Å². The number of ether oxygens (including phenoxy) is 1. The maximum absolute atomic E-state index is 12.9. The fourth-order valence-corrected chi connectivity index (χ4v) is 3.31. The van der Waals surface area contributed by atoms with E-state index in [0.29, 0.717) is 32.3 Å². The zero-order valence-electron chi connectivity index (χ0n) is 14.1. The first kappa shape index (κ1) is 18.2. The highest BCUT2D eigenvalue weighted by Gasteiger charge is 2.12. The molecule has 0 amide bonds. The largest absolute Gasteiger partial charge is 0.484 e. The van der Waals surface area contributed by atoms with Crippen LogP contribution < -0.4 is 4.74 Å². The van der Waals surface area contributed by atoms with Crippen LogP contribution in [0.4, 0.5) is 4.39 Å². The lowest BCUT2D eigenvalue weighted by atomic mass is 10.1. The summed E-state index contributed by atoms with van der Waals surface area (Å²) in [7, 11) is 0. The third-order valence-electron chi connectivity index (χ3n) is 3.68. The third kappa shape index (κ3) is 4.06. The number of rotatable bonds is 5. The number of pyridine rings is 1. The SMILES string of the molecule is N#Cc1cc(Sc2nnc(COc3ccc(F)cc3)o2)nc2ccc(Cl)cc12. The molecule has 0 saturated heterocycles. The molecule has 0 unspecified atom stereocenters. The van der Waals surface area contributed by atoms with Crippen LogP contribution in [-0.4, -0.2) is 15.2 Å². The first-order chi connectivity index (χ1) is 13.6. The molecular weight excluding hydrogens is 403 g/mol. The Kier molecular flexibility index (Phi) is 5.10. The number of fused-ring (bicyclic) bond motifs is 1. The second-order valence-electron chi connectivity index (χ2n) is 5.59. The molecule has 0 spiro atoms. The molecule has 0 aliphatic rings. The van der Waals surface area contributed by atoms with E-state index < -0.39 is 0 Å². The van der Waals surface area contributed by atoms with E-state index in [-0.39, 0.29) is 23.5 Å². The summed E-state index contributed by atoms with van der Waals surface area (Å²) < 4.78 is 23.9. The van der Waals surface area contributed by atoms with E-state index in [0.717, 1.165) is 11.8 Å². The van der Waals surface area contributed by atoms with Gasteiger partial charge in [-0.15, -0.1) is 10.2 Å². The van der Waals surface area contributed by atoms with Gasteiger partial charge in [-0.3, -0.25) is 0 Å². The number of nitrogens with zero attached hydrogens (tertiary/aromatic N) is 4. The first-order valence-corrected chi connectivity index (χ1v) is 9.19. The van der Waals surface area contributed by atoms with Crippen LogP contribution in [0.2, 0.25) is 5.02 Å². The van der Waals surface area contributed by atoms with Crippen LogP contribution in [0.1, 0.15) is 11.5 Å². The summed E-state index contributed by atoms with van der Waals surface area (Å²) >= 11 is 7.14. The predicted octanol–water partition coefficient (Wildman–Crippen LogP) is 5.01. The van der Waals surface area contributed by atoms with Gasteiger partial charge in [0, 0.05) is 10.4 Å². The van der Waals surface area contributed by atoms with Crippen molar-refractivity contribution in [3.8, 4) is 11.8 Å². The van der Waals surface area contributed by atoms with E-state index in [2.05, 4.69) is 21.3 Å². The number of benzene rings is 2. The van der Waals surface area contributed by atoms with Crippen molar-refractivity contribution in [1.82, 2.24) is 15.2 Å². The lowest BCUT2D eigenvalue weighted by Crippen LogP contribution is -1.95. The average molecular weight is 413 g/mol. The van der Waals surface area contributed by atoms with Crippen molar-refractivity contribution in [2.75, 3.05) is 0 Å². The Morgan fingerprint density at radius 2 is 1.96 bits per heavy atom. The Morgan fingerprint density at radius 1 is 1.14 bits per heavy atom. The van der Waals surface area contributed by atoms with Crippen LogP contribution in [0.25, 0.3) is 10.9 Å². The van der Waals surface area contributed by atoms with Gasteiger partial charge in [0.1, 0.15) is 16.6 Å².